The Hall–Kier alpha value is -3.56. The summed E-state index contributed by atoms with van der Waals surface area (Å²) in [6.07, 6.45) is -0.686. The van der Waals surface area contributed by atoms with Crippen LogP contribution in [0.1, 0.15) is 31.1 Å². The number of benzene rings is 2. The second kappa shape index (κ2) is 9.96. The third-order valence-corrected chi connectivity index (χ3v) is 3.73. The van der Waals surface area contributed by atoms with E-state index in [-0.39, 0.29) is 22.7 Å². The van der Waals surface area contributed by atoms with Crippen molar-refractivity contribution < 1.29 is 37.3 Å². The van der Waals surface area contributed by atoms with Gasteiger partial charge in [0.2, 0.25) is 0 Å². The molecule has 2 rings (SSSR count). The normalized spacial score (nSPS) is 11.0. The number of ether oxygens (including phenoxy) is 4. The van der Waals surface area contributed by atoms with Gasteiger partial charge in [0.25, 0.3) is 5.91 Å². The number of rotatable bonds is 7. The molecule has 8 nitrogen and oxygen atoms in total. The molecule has 31 heavy (non-hydrogen) atoms. The molecule has 10 heteroatoms. The first-order valence-electron chi connectivity index (χ1n) is 9.14. The first kappa shape index (κ1) is 23.7. The van der Waals surface area contributed by atoms with Crippen molar-refractivity contribution in [1.82, 2.24) is 0 Å². The van der Waals surface area contributed by atoms with Gasteiger partial charge in [0.1, 0.15) is 11.4 Å². The minimum atomic E-state index is -3.02. The molecule has 2 N–H and O–H groups in total. The molecule has 0 atom stereocenters. The summed E-state index contributed by atoms with van der Waals surface area (Å²) in [6, 6.07) is 8.43. The Balaban J connectivity index is 2.20. The molecule has 0 heterocycles. The minimum absolute atomic E-state index is 0.0186. The fourth-order valence-electron chi connectivity index (χ4n) is 2.50. The van der Waals surface area contributed by atoms with Gasteiger partial charge in [-0.15, -0.1) is 0 Å². The maximum atomic E-state index is 12.6. The van der Waals surface area contributed by atoms with Crippen molar-refractivity contribution in [3.05, 3.63) is 42.0 Å². The number of carbonyl (C=O) groups excluding carboxylic acids is 2. The molecule has 2 aromatic carbocycles. The number of methoxy groups -OCH3 is 2. The maximum Gasteiger partial charge on any atom is 0.412 e. The molecule has 0 aliphatic carbocycles. The number of carbonyl (C=O) groups is 2. The van der Waals surface area contributed by atoms with E-state index >= 15 is 0 Å². The molecule has 0 aliphatic heterocycles. The Kier molecular flexibility index (Phi) is 7.62. The van der Waals surface area contributed by atoms with Crippen molar-refractivity contribution >= 4 is 23.4 Å². The van der Waals surface area contributed by atoms with Gasteiger partial charge in [-0.25, -0.2) is 4.79 Å². The second-order valence-electron chi connectivity index (χ2n) is 7.24. The lowest BCUT2D eigenvalue weighted by molar-refractivity contribution is -0.0512. The maximum absolute atomic E-state index is 12.6. The zero-order valence-electron chi connectivity index (χ0n) is 17.7. The smallest absolute Gasteiger partial charge is 0.412 e. The van der Waals surface area contributed by atoms with Gasteiger partial charge in [0, 0.05) is 11.3 Å². The predicted molar refractivity (Wildman–Crippen MR) is 110 cm³/mol. The van der Waals surface area contributed by atoms with Crippen LogP contribution in [-0.2, 0) is 4.74 Å². The third kappa shape index (κ3) is 7.02. The van der Waals surface area contributed by atoms with Gasteiger partial charge < -0.3 is 24.3 Å². The molecule has 0 unspecified atom stereocenters. The lowest BCUT2D eigenvalue weighted by atomic mass is 10.1. The summed E-state index contributed by atoms with van der Waals surface area (Å²) in [5.74, 6) is -0.383. The Bertz CT molecular complexity index is 944. The van der Waals surface area contributed by atoms with Crippen LogP contribution in [0, 0.1) is 0 Å². The molecular formula is C21H24F2N2O6. The van der Waals surface area contributed by atoms with Crippen molar-refractivity contribution in [1.29, 1.82) is 0 Å². The van der Waals surface area contributed by atoms with E-state index in [1.807, 2.05) is 0 Å². The Morgan fingerprint density at radius 3 is 2.13 bits per heavy atom. The molecule has 168 valence electrons. The summed E-state index contributed by atoms with van der Waals surface area (Å²) in [5.41, 5.74) is 0.0926. The number of alkyl halides is 2. The zero-order valence-corrected chi connectivity index (χ0v) is 17.7. The predicted octanol–water partition coefficient (Wildman–Crippen LogP) is 4.90. The van der Waals surface area contributed by atoms with E-state index < -0.39 is 24.2 Å². The SMILES string of the molecule is COc1ccc(NC(=O)c2ccc(OC(F)F)c(OC)c2)cc1NC(=O)OC(C)(C)C. The van der Waals surface area contributed by atoms with Crippen LogP contribution in [0.3, 0.4) is 0 Å². The van der Waals surface area contributed by atoms with Gasteiger partial charge in [-0.1, -0.05) is 0 Å². The van der Waals surface area contributed by atoms with Crippen LogP contribution < -0.4 is 24.8 Å². The molecule has 2 amide bonds. The van der Waals surface area contributed by atoms with Crippen molar-refractivity contribution in [3.63, 3.8) is 0 Å². The number of hydrogen-bond acceptors (Lipinski definition) is 6. The van der Waals surface area contributed by atoms with E-state index in [1.54, 1.807) is 32.9 Å². The average Bonchev–Trinajstić information content (AvgIpc) is 2.66. The van der Waals surface area contributed by atoms with Gasteiger partial charge in [0.15, 0.2) is 11.5 Å². The number of halogens is 2. The molecule has 0 saturated carbocycles. The molecule has 0 spiro atoms. The zero-order chi connectivity index (χ0) is 23.2. The van der Waals surface area contributed by atoms with Crippen LogP contribution in [0.2, 0.25) is 0 Å². The van der Waals surface area contributed by atoms with E-state index in [0.29, 0.717) is 11.4 Å². The van der Waals surface area contributed by atoms with Gasteiger partial charge >= 0.3 is 12.7 Å². The molecular weight excluding hydrogens is 414 g/mol. The average molecular weight is 438 g/mol. The fraction of sp³-hybridized carbons (Fsp3) is 0.333. The molecule has 0 bridgehead atoms. The van der Waals surface area contributed by atoms with Gasteiger partial charge in [0.05, 0.1) is 19.9 Å². The molecule has 0 radical (unpaired) electrons. The van der Waals surface area contributed by atoms with E-state index in [0.717, 1.165) is 0 Å². The summed E-state index contributed by atoms with van der Waals surface area (Å²) in [6.45, 7) is 2.16. The first-order chi connectivity index (χ1) is 14.5. The summed E-state index contributed by atoms with van der Waals surface area (Å²) < 4.78 is 44.7. The molecule has 0 aromatic heterocycles. The summed E-state index contributed by atoms with van der Waals surface area (Å²) in [7, 11) is 2.70. The van der Waals surface area contributed by atoms with Gasteiger partial charge in [-0.05, 0) is 57.2 Å². The minimum Gasteiger partial charge on any atom is -0.495 e. The van der Waals surface area contributed by atoms with Crippen LogP contribution in [0.25, 0.3) is 0 Å². The van der Waals surface area contributed by atoms with Crippen LogP contribution in [0.5, 0.6) is 17.2 Å². The van der Waals surface area contributed by atoms with Gasteiger partial charge in [-0.3, -0.25) is 10.1 Å². The first-order valence-corrected chi connectivity index (χ1v) is 9.14. The van der Waals surface area contributed by atoms with Crippen LogP contribution in [-0.4, -0.2) is 38.4 Å². The number of anilines is 2. The van der Waals surface area contributed by atoms with Crippen molar-refractivity contribution in [2.24, 2.45) is 0 Å². The second-order valence-corrected chi connectivity index (χ2v) is 7.24. The Morgan fingerprint density at radius 2 is 1.55 bits per heavy atom. The van der Waals surface area contributed by atoms with E-state index in [9.17, 15) is 18.4 Å². The Morgan fingerprint density at radius 1 is 0.903 bits per heavy atom. The highest BCUT2D eigenvalue weighted by atomic mass is 19.3. The third-order valence-electron chi connectivity index (χ3n) is 3.73. The lowest BCUT2D eigenvalue weighted by Crippen LogP contribution is -2.27. The standard InChI is InChI=1S/C21H24F2N2O6/c1-21(2,3)31-20(27)25-14-11-13(7-9-15(14)28-4)24-18(26)12-6-8-16(30-19(22)23)17(10-12)29-5/h6-11,19H,1-5H3,(H,24,26)(H,25,27). The van der Waals surface area contributed by atoms with Crippen LogP contribution >= 0.6 is 0 Å². The monoisotopic (exact) mass is 438 g/mol. The fourth-order valence-corrected chi connectivity index (χ4v) is 2.50. The van der Waals surface area contributed by atoms with Crippen molar-refractivity contribution in [2.45, 2.75) is 33.0 Å². The van der Waals surface area contributed by atoms with Crippen LogP contribution in [0.15, 0.2) is 36.4 Å². The van der Waals surface area contributed by atoms with E-state index in [1.165, 1.54) is 38.5 Å². The number of hydrogen-bond donors (Lipinski definition) is 2. The molecule has 0 saturated heterocycles. The molecule has 0 aliphatic rings. The van der Waals surface area contributed by atoms with Crippen LogP contribution in [0.4, 0.5) is 25.0 Å². The lowest BCUT2D eigenvalue weighted by Gasteiger charge is -2.20. The topological polar surface area (TPSA) is 95.1 Å². The molecule has 2 aromatic rings. The van der Waals surface area contributed by atoms with E-state index in [2.05, 4.69) is 15.4 Å². The number of nitrogens with one attached hydrogen (secondary N) is 2. The van der Waals surface area contributed by atoms with Crippen molar-refractivity contribution in [3.8, 4) is 17.2 Å². The summed E-state index contributed by atoms with van der Waals surface area (Å²) >= 11 is 0. The summed E-state index contributed by atoms with van der Waals surface area (Å²) in [5, 5.41) is 5.22. The highest BCUT2D eigenvalue weighted by molar-refractivity contribution is 6.05. The Labute approximate surface area is 178 Å². The highest BCUT2D eigenvalue weighted by Crippen LogP contribution is 2.31. The largest absolute Gasteiger partial charge is 0.495 e. The van der Waals surface area contributed by atoms with Crippen molar-refractivity contribution in [2.75, 3.05) is 24.9 Å². The summed E-state index contributed by atoms with van der Waals surface area (Å²) in [4.78, 5) is 24.7. The highest BCUT2D eigenvalue weighted by Gasteiger charge is 2.19. The molecule has 0 fully saturated rings. The van der Waals surface area contributed by atoms with E-state index in [4.69, 9.17) is 14.2 Å². The quantitative estimate of drug-likeness (QED) is 0.638. The van der Waals surface area contributed by atoms with Gasteiger partial charge in [-0.2, -0.15) is 8.78 Å². The number of amides is 2.